The highest BCUT2D eigenvalue weighted by Crippen LogP contribution is 2.15. The van der Waals surface area contributed by atoms with Crippen LogP contribution in [0.4, 0.5) is 8.78 Å². The standard InChI is InChI=1S/C10H11F2NO2S/c11-7-1-6(2-8(12)3-7)4-16-5-9(13)10(14)15/h1-3,9H,4-5,13H2,(H,14,15). The summed E-state index contributed by atoms with van der Waals surface area (Å²) in [5.41, 5.74) is 5.74. The van der Waals surface area contributed by atoms with Gasteiger partial charge in [0.2, 0.25) is 0 Å². The van der Waals surface area contributed by atoms with Gasteiger partial charge in [0.1, 0.15) is 17.7 Å². The van der Waals surface area contributed by atoms with Gasteiger partial charge in [0.25, 0.3) is 0 Å². The summed E-state index contributed by atoms with van der Waals surface area (Å²) < 4.78 is 25.5. The highest BCUT2D eigenvalue weighted by Gasteiger charge is 2.11. The molecule has 1 aromatic rings. The van der Waals surface area contributed by atoms with Gasteiger partial charge in [-0.25, -0.2) is 8.78 Å². The molecule has 0 saturated carbocycles. The van der Waals surface area contributed by atoms with Crippen LogP contribution < -0.4 is 5.73 Å². The molecule has 0 aliphatic heterocycles. The van der Waals surface area contributed by atoms with Crippen molar-refractivity contribution < 1.29 is 18.7 Å². The second-order valence-electron chi connectivity index (χ2n) is 3.24. The van der Waals surface area contributed by atoms with Gasteiger partial charge in [-0.15, -0.1) is 0 Å². The van der Waals surface area contributed by atoms with Gasteiger partial charge in [0.15, 0.2) is 0 Å². The van der Waals surface area contributed by atoms with E-state index in [0.717, 1.165) is 6.07 Å². The fourth-order valence-corrected chi connectivity index (χ4v) is 1.99. The molecule has 0 fully saturated rings. The molecule has 0 bridgehead atoms. The third-order valence-electron chi connectivity index (χ3n) is 1.81. The molecule has 3 nitrogen and oxygen atoms in total. The number of halogens is 2. The minimum absolute atomic E-state index is 0.202. The fourth-order valence-electron chi connectivity index (χ4n) is 1.07. The van der Waals surface area contributed by atoms with Gasteiger partial charge in [-0.3, -0.25) is 4.79 Å². The first-order valence-electron chi connectivity index (χ1n) is 4.50. The van der Waals surface area contributed by atoms with Gasteiger partial charge in [-0.1, -0.05) is 0 Å². The normalized spacial score (nSPS) is 12.4. The molecule has 1 unspecified atom stereocenters. The topological polar surface area (TPSA) is 63.3 Å². The summed E-state index contributed by atoms with van der Waals surface area (Å²) >= 11 is 1.22. The van der Waals surface area contributed by atoms with E-state index in [0.29, 0.717) is 11.3 Å². The summed E-state index contributed by atoms with van der Waals surface area (Å²) in [4.78, 5) is 10.4. The molecule has 0 aromatic heterocycles. The van der Waals surface area contributed by atoms with E-state index < -0.39 is 23.6 Å². The first kappa shape index (κ1) is 12.9. The Morgan fingerprint density at radius 1 is 1.38 bits per heavy atom. The molecule has 1 atom stereocenters. The number of thioether (sulfide) groups is 1. The highest BCUT2D eigenvalue weighted by atomic mass is 32.2. The molecule has 0 aliphatic rings. The van der Waals surface area contributed by atoms with Gasteiger partial charge >= 0.3 is 5.97 Å². The number of hydrogen-bond acceptors (Lipinski definition) is 3. The van der Waals surface area contributed by atoms with E-state index in [1.54, 1.807) is 0 Å². The van der Waals surface area contributed by atoms with Crippen LogP contribution in [0.25, 0.3) is 0 Å². The van der Waals surface area contributed by atoms with Crippen LogP contribution in [0.5, 0.6) is 0 Å². The van der Waals surface area contributed by atoms with Gasteiger partial charge < -0.3 is 10.8 Å². The predicted molar refractivity (Wildman–Crippen MR) is 58.1 cm³/mol. The number of hydrogen-bond donors (Lipinski definition) is 2. The van der Waals surface area contributed by atoms with Crippen molar-refractivity contribution in [3.8, 4) is 0 Å². The van der Waals surface area contributed by atoms with Crippen molar-refractivity contribution in [2.24, 2.45) is 5.73 Å². The SMILES string of the molecule is NC(CSCc1cc(F)cc(F)c1)C(=O)O. The quantitative estimate of drug-likeness (QED) is 0.829. The maximum atomic E-state index is 12.8. The summed E-state index contributed by atoms with van der Waals surface area (Å²) in [5.74, 6) is -1.84. The molecule has 1 rings (SSSR count). The number of nitrogens with two attached hydrogens (primary N) is 1. The zero-order valence-corrected chi connectivity index (χ0v) is 9.14. The fraction of sp³-hybridized carbons (Fsp3) is 0.300. The Labute approximate surface area is 95.6 Å². The molecule has 0 aliphatic carbocycles. The van der Waals surface area contributed by atoms with Crippen LogP contribution in [0, 0.1) is 11.6 Å². The van der Waals surface area contributed by atoms with Crippen LogP contribution in [-0.2, 0) is 10.5 Å². The zero-order valence-electron chi connectivity index (χ0n) is 8.32. The first-order chi connectivity index (χ1) is 7.49. The van der Waals surface area contributed by atoms with E-state index in [-0.39, 0.29) is 5.75 Å². The molecule has 0 spiro atoms. The van der Waals surface area contributed by atoms with Gasteiger partial charge in [0.05, 0.1) is 0 Å². The number of benzene rings is 1. The van der Waals surface area contributed by atoms with Crippen LogP contribution >= 0.6 is 11.8 Å². The van der Waals surface area contributed by atoms with E-state index in [9.17, 15) is 13.6 Å². The smallest absolute Gasteiger partial charge is 0.321 e. The van der Waals surface area contributed by atoms with Crippen molar-refractivity contribution in [1.82, 2.24) is 0 Å². The minimum Gasteiger partial charge on any atom is -0.480 e. The van der Waals surface area contributed by atoms with E-state index in [2.05, 4.69) is 0 Å². The van der Waals surface area contributed by atoms with E-state index in [1.165, 1.54) is 23.9 Å². The van der Waals surface area contributed by atoms with Crippen LogP contribution in [0.15, 0.2) is 18.2 Å². The van der Waals surface area contributed by atoms with E-state index >= 15 is 0 Å². The molecule has 0 amide bonds. The highest BCUT2D eigenvalue weighted by molar-refractivity contribution is 7.98. The lowest BCUT2D eigenvalue weighted by Gasteiger charge is -2.06. The van der Waals surface area contributed by atoms with Gasteiger partial charge in [-0.2, -0.15) is 11.8 Å². The Morgan fingerprint density at radius 3 is 2.44 bits per heavy atom. The molecule has 88 valence electrons. The molecular formula is C10H11F2NO2S. The average Bonchev–Trinajstić information content (AvgIpc) is 2.15. The summed E-state index contributed by atoms with van der Waals surface area (Å²) in [6.45, 7) is 0. The van der Waals surface area contributed by atoms with E-state index in [4.69, 9.17) is 10.8 Å². The Bertz CT molecular complexity index is 367. The Morgan fingerprint density at radius 2 is 1.94 bits per heavy atom. The maximum absolute atomic E-state index is 12.8. The van der Waals surface area contributed by atoms with Crippen molar-refractivity contribution in [2.75, 3.05) is 5.75 Å². The lowest BCUT2D eigenvalue weighted by molar-refractivity contribution is -0.137. The van der Waals surface area contributed by atoms with Crippen molar-refractivity contribution in [3.63, 3.8) is 0 Å². The summed E-state index contributed by atoms with van der Waals surface area (Å²) in [7, 11) is 0. The van der Waals surface area contributed by atoms with Crippen molar-refractivity contribution >= 4 is 17.7 Å². The maximum Gasteiger partial charge on any atom is 0.321 e. The second-order valence-corrected chi connectivity index (χ2v) is 4.27. The number of carboxylic acid groups (broad SMARTS) is 1. The molecule has 6 heteroatoms. The lowest BCUT2D eigenvalue weighted by Crippen LogP contribution is -2.32. The summed E-state index contributed by atoms with van der Waals surface area (Å²) in [6, 6.07) is 2.26. The molecule has 3 N–H and O–H groups in total. The van der Waals surface area contributed by atoms with Gasteiger partial charge in [-0.05, 0) is 17.7 Å². The van der Waals surface area contributed by atoms with Gasteiger partial charge in [0, 0.05) is 17.6 Å². The van der Waals surface area contributed by atoms with Crippen LogP contribution in [-0.4, -0.2) is 22.9 Å². The predicted octanol–water partition coefficient (Wildman–Crippen LogP) is 1.61. The molecule has 0 radical (unpaired) electrons. The number of rotatable bonds is 5. The van der Waals surface area contributed by atoms with Crippen molar-refractivity contribution in [2.45, 2.75) is 11.8 Å². The Hall–Kier alpha value is -1.14. The van der Waals surface area contributed by atoms with Crippen LogP contribution in [0.3, 0.4) is 0 Å². The van der Waals surface area contributed by atoms with Crippen molar-refractivity contribution in [1.29, 1.82) is 0 Å². The monoisotopic (exact) mass is 247 g/mol. The number of carbonyl (C=O) groups is 1. The van der Waals surface area contributed by atoms with E-state index in [1.807, 2.05) is 0 Å². The number of carboxylic acids is 1. The van der Waals surface area contributed by atoms with Crippen LogP contribution in [0.1, 0.15) is 5.56 Å². The molecule has 0 saturated heterocycles. The van der Waals surface area contributed by atoms with Crippen molar-refractivity contribution in [3.05, 3.63) is 35.4 Å². The Balaban J connectivity index is 2.46. The lowest BCUT2D eigenvalue weighted by atomic mass is 10.2. The Kier molecular flexibility index (Phi) is 4.70. The third kappa shape index (κ3) is 4.16. The molecule has 1 aromatic carbocycles. The number of aliphatic carboxylic acids is 1. The third-order valence-corrected chi connectivity index (χ3v) is 2.94. The largest absolute Gasteiger partial charge is 0.480 e. The zero-order chi connectivity index (χ0) is 12.1. The van der Waals surface area contributed by atoms with Crippen LogP contribution in [0.2, 0.25) is 0 Å². The average molecular weight is 247 g/mol. The second kappa shape index (κ2) is 5.81. The molecule has 16 heavy (non-hydrogen) atoms. The minimum atomic E-state index is -1.09. The molecule has 0 heterocycles. The first-order valence-corrected chi connectivity index (χ1v) is 5.65. The summed E-state index contributed by atoms with van der Waals surface area (Å²) in [6.07, 6.45) is 0. The molecular weight excluding hydrogens is 236 g/mol. The summed E-state index contributed by atoms with van der Waals surface area (Å²) in [5, 5.41) is 8.51.